The number of nitrogens with zero attached hydrogens (tertiary/aromatic N) is 2. The summed E-state index contributed by atoms with van der Waals surface area (Å²) in [6, 6.07) is 20.5. The smallest absolute Gasteiger partial charge is 0.287 e. The molecule has 0 saturated carbocycles. The fourth-order valence-corrected chi connectivity index (χ4v) is 18.2. The van der Waals surface area contributed by atoms with Crippen molar-refractivity contribution in [2.75, 3.05) is 0 Å². The Kier molecular flexibility index (Phi) is 15.5. The summed E-state index contributed by atoms with van der Waals surface area (Å²) in [6.45, 7) is 23.4. The maximum absolute atomic E-state index is 13.2. The van der Waals surface area contributed by atoms with Crippen molar-refractivity contribution in [3.05, 3.63) is 83.0 Å². The fourth-order valence-electron chi connectivity index (χ4n) is 4.80. The van der Waals surface area contributed by atoms with Crippen LogP contribution in [-0.4, -0.2) is 43.7 Å². The summed E-state index contributed by atoms with van der Waals surface area (Å²) < 4.78 is 13.2. The van der Waals surface area contributed by atoms with Crippen molar-refractivity contribution < 1.29 is 38.5 Å². The summed E-state index contributed by atoms with van der Waals surface area (Å²) in [5.74, 6) is 1.22. The molecule has 0 saturated heterocycles. The number of benzene rings is 1. The summed E-state index contributed by atoms with van der Waals surface area (Å²) >= 11 is 0. The topological polar surface area (TPSA) is 25.8 Å². The molecule has 0 spiro atoms. The first-order chi connectivity index (χ1) is 16.2. The van der Waals surface area contributed by atoms with E-state index in [1.54, 1.807) is 12.0 Å². The maximum atomic E-state index is 13.2. The molecule has 37 heavy (non-hydrogen) atoms. The Bertz CT molecular complexity index is 1060. The first-order valence-corrected chi connectivity index (χ1v) is 24.9. The van der Waals surface area contributed by atoms with Gasteiger partial charge >= 0.3 is 34.1 Å². The Hall–Kier alpha value is -0.644. The average molecular weight is 666 g/mol. The number of rotatable bonds is 8. The molecule has 0 atom stereocenters. The average Bonchev–Trinajstić information content (AvgIpc) is 2.70. The van der Waals surface area contributed by atoms with E-state index in [0.717, 1.165) is 11.2 Å². The largest absolute Gasteiger partial charge is 1.00 e. The third kappa shape index (κ3) is 12.0. The SMILES string of the molecule is C[Si](C)(C)[C-](c1cccc(F)n1)[Si](C)(C)C.C[Si](C)C[C-](C[Si](C)C)c1ccc2ccccc2n1.[Cu+].[Cu+]. The van der Waals surface area contributed by atoms with Crippen LogP contribution in [0, 0.1) is 17.0 Å². The number of halogens is 1. The molecule has 0 aliphatic carbocycles. The molecule has 1 aromatic carbocycles. The second-order valence-corrected chi connectivity index (χ2v) is 28.0. The van der Waals surface area contributed by atoms with Gasteiger partial charge in [-0.2, -0.15) is 27.6 Å². The molecule has 210 valence electrons. The van der Waals surface area contributed by atoms with E-state index in [4.69, 9.17) is 4.98 Å². The zero-order valence-corrected chi connectivity index (χ0v) is 29.9. The molecule has 0 N–H and O–H groups in total. The van der Waals surface area contributed by atoms with Crippen LogP contribution in [0.5, 0.6) is 0 Å². The summed E-state index contributed by atoms with van der Waals surface area (Å²) in [4.78, 5) is 8.95. The summed E-state index contributed by atoms with van der Waals surface area (Å²) in [6.07, 6.45) is 0. The van der Waals surface area contributed by atoms with Crippen molar-refractivity contribution in [1.82, 2.24) is 9.97 Å². The normalized spacial score (nSPS) is 11.4. The Morgan fingerprint density at radius 3 is 1.70 bits per heavy atom. The van der Waals surface area contributed by atoms with Gasteiger partial charge in [0.15, 0.2) is 0 Å². The monoisotopic (exact) mass is 664 g/mol. The van der Waals surface area contributed by atoms with Gasteiger partial charge in [0.1, 0.15) is 0 Å². The van der Waals surface area contributed by atoms with E-state index < -0.39 is 16.1 Å². The standard InChI is InChI=1S/C16H22NSi2.C12H21FNSi2.2Cu/c1-18(2)11-14(12-19(3)4)16-10-9-13-7-5-6-8-15(13)17-16;1-15(2,3)12(16(4,5)6)10-8-7-9-11(13)14-10;;/h5-10H,11-12H2,1-4H3;7-9H,1-6H3;;/q2*-1;2*+1. The van der Waals surface area contributed by atoms with Gasteiger partial charge in [0.05, 0.1) is 5.52 Å². The molecule has 0 aliphatic heterocycles. The quantitative estimate of drug-likeness (QED) is 0.137. The molecular weight excluding hydrogens is 623 g/mol. The third-order valence-corrected chi connectivity index (χ3v) is 15.8. The fraction of sp³-hybridized carbons (Fsp3) is 0.429. The Morgan fingerprint density at radius 1 is 0.676 bits per heavy atom. The number of hydrogen-bond acceptors (Lipinski definition) is 2. The van der Waals surface area contributed by atoms with Gasteiger partial charge in [0, 0.05) is 17.6 Å². The minimum atomic E-state index is -1.44. The van der Waals surface area contributed by atoms with E-state index in [1.165, 1.54) is 34.4 Å². The molecule has 0 amide bonds. The molecule has 3 rings (SSSR count). The van der Waals surface area contributed by atoms with Crippen LogP contribution in [0.3, 0.4) is 0 Å². The van der Waals surface area contributed by atoms with Gasteiger partial charge in [0.25, 0.3) is 0 Å². The minimum Gasteiger partial charge on any atom is -0.287 e. The summed E-state index contributed by atoms with van der Waals surface area (Å²) in [7, 11) is -3.35. The molecule has 9 heteroatoms. The van der Waals surface area contributed by atoms with Gasteiger partial charge in [-0.3, -0.25) is 9.97 Å². The van der Waals surface area contributed by atoms with Crippen molar-refractivity contribution in [3.63, 3.8) is 0 Å². The van der Waals surface area contributed by atoms with E-state index in [0.29, 0.717) is 0 Å². The second kappa shape index (κ2) is 15.8. The van der Waals surface area contributed by atoms with E-state index in [1.807, 2.05) is 6.07 Å². The first-order valence-electron chi connectivity index (χ1n) is 12.5. The molecule has 0 aliphatic rings. The molecular formula is C28H43Cu2FN2Si4. The Labute approximate surface area is 252 Å². The molecule has 2 radical (unpaired) electrons. The molecule has 3 aromatic rings. The molecule has 0 unspecified atom stereocenters. The van der Waals surface area contributed by atoms with E-state index in [2.05, 4.69) is 107 Å². The first kappa shape index (κ1) is 36.4. The molecule has 2 nitrogen and oxygen atoms in total. The number of fused-ring (bicyclic) bond motifs is 1. The van der Waals surface area contributed by atoms with Crippen LogP contribution in [0.1, 0.15) is 11.4 Å². The van der Waals surface area contributed by atoms with Crippen LogP contribution in [0.15, 0.2) is 54.6 Å². The Morgan fingerprint density at radius 2 is 1.22 bits per heavy atom. The molecule has 2 heterocycles. The van der Waals surface area contributed by atoms with Crippen LogP contribution in [0.2, 0.25) is 77.6 Å². The zero-order chi connectivity index (χ0) is 26.4. The van der Waals surface area contributed by atoms with Crippen molar-refractivity contribution >= 4 is 44.6 Å². The van der Waals surface area contributed by atoms with Crippen LogP contribution < -0.4 is 0 Å². The number of para-hydroxylation sites is 1. The van der Waals surface area contributed by atoms with Gasteiger partial charge in [-0.15, -0.1) is 24.2 Å². The van der Waals surface area contributed by atoms with Gasteiger partial charge in [-0.1, -0.05) is 95.1 Å². The molecule has 0 bridgehead atoms. The van der Waals surface area contributed by atoms with Crippen LogP contribution in [0.4, 0.5) is 4.39 Å². The van der Waals surface area contributed by atoms with Crippen LogP contribution in [-0.2, 0) is 34.1 Å². The van der Waals surface area contributed by atoms with Crippen molar-refractivity contribution in [2.45, 2.75) is 77.6 Å². The number of aromatic nitrogens is 2. The predicted molar refractivity (Wildman–Crippen MR) is 162 cm³/mol. The van der Waals surface area contributed by atoms with Gasteiger partial charge in [-0.05, 0) is 33.7 Å². The van der Waals surface area contributed by atoms with Gasteiger partial charge < -0.3 is 0 Å². The van der Waals surface area contributed by atoms with E-state index in [-0.39, 0.29) is 57.7 Å². The van der Waals surface area contributed by atoms with Crippen LogP contribution >= 0.6 is 0 Å². The van der Waals surface area contributed by atoms with Crippen molar-refractivity contribution in [3.8, 4) is 0 Å². The predicted octanol–water partition coefficient (Wildman–Crippen LogP) is 8.56. The van der Waals surface area contributed by atoms with Gasteiger partial charge in [0.2, 0.25) is 5.95 Å². The van der Waals surface area contributed by atoms with Crippen molar-refractivity contribution in [1.29, 1.82) is 0 Å². The Balaban J connectivity index is 0.000000674. The van der Waals surface area contributed by atoms with Crippen LogP contribution in [0.25, 0.3) is 10.9 Å². The summed E-state index contributed by atoms with van der Waals surface area (Å²) in [5, 5.41) is 2.70. The second-order valence-electron chi connectivity index (χ2n) is 12.0. The maximum Gasteiger partial charge on any atom is 1.00 e. The number of pyridine rings is 2. The number of hydrogen-bond donors (Lipinski definition) is 0. The van der Waals surface area contributed by atoms with Crippen molar-refractivity contribution in [2.24, 2.45) is 0 Å². The van der Waals surface area contributed by atoms with Gasteiger partial charge in [-0.25, -0.2) is 0 Å². The van der Waals surface area contributed by atoms with E-state index in [9.17, 15) is 4.39 Å². The zero-order valence-electron chi connectivity index (χ0n) is 24.0. The third-order valence-electron chi connectivity index (χ3n) is 5.57. The summed E-state index contributed by atoms with van der Waals surface area (Å²) in [5.41, 5.74) is 3.24. The minimum absolute atomic E-state index is 0. The molecule has 0 fully saturated rings. The molecule has 2 aromatic heterocycles. The van der Waals surface area contributed by atoms with E-state index >= 15 is 0 Å².